The number of nitrogens with one attached hydrogen (secondary N) is 1. The van der Waals surface area contributed by atoms with Crippen molar-refractivity contribution in [2.45, 2.75) is 13.0 Å². The number of carbonyl (C=O) groups is 1. The molecule has 2 aliphatic heterocycles. The minimum atomic E-state index is -3.76. The normalized spacial score (nSPS) is 18.7. The molecule has 2 heterocycles. The molecule has 1 N–H and O–H groups in total. The molecule has 0 spiro atoms. The standard InChI is InChI=1S/C20H22ClN3O5S/c21-16-4-1-3-15(11-16)13-23-7-2-8-24(30(23,26)27)14-20(25)22-17-5-6-18-19(12-17)29-10-9-28-18/h1,3-6,11-12H,2,7-10,13-14H2,(H,22,25). The van der Waals surface area contributed by atoms with Crippen molar-refractivity contribution in [2.75, 3.05) is 38.2 Å². The summed E-state index contributed by atoms with van der Waals surface area (Å²) < 4.78 is 39.5. The van der Waals surface area contributed by atoms with Crippen LogP contribution in [0.3, 0.4) is 0 Å². The summed E-state index contributed by atoms with van der Waals surface area (Å²) in [5, 5.41) is 3.29. The molecule has 30 heavy (non-hydrogen) atoms. The van der Waals surface area contributed by atoms with Crippen molar-refractivity contribution in [3.8, 4) is 11.5 Å². The molecule has 4 rings (SSSR count). The maximum atomic E-state index is 13.0. The summed E-state index contributed by atoms with van der Waals surface area (Å²) in [6, 6.07) is 12.2. The van der Waals surface area contributed by atoms with Crippen LogP contribution in [0.15, 0.2) is 42.5 Å². The Balaban J connectivity index is 1.41. The molecular weight excluding hydrogens is 430 g/mol. The summed E-state index contributed by atoms with van der Waals surface area (Å²) in [5.74, 6) is 0.756. The second-order valence-corrected chi connectivity index (χ2v) is 9.43. The van der Waals surface area contributed by atoms with Crippen LogP contribution >= 0.6 is 11.6 Å². The van der Waals surface area contributed by atoms with Gasteiger partial charge in [-0.1, -0.05) is 23.7 Å². The molecule has 2 aromatic rings. The van der Waals surface area contributed by atoms with Crippen molar-refractivity contribution < 1.29 is 22.7 Å². The molecule has 2 aliphatic rings. The lowest BCUT2D eigenvalue weighted by Crippen LogP contribution is -2.51. The van der Waals surface area contributed by atoms with E-state index in [0.717, 1.165) is 5.56 Å². The smallest absolute Gasteiger partial charge is 0.282 e. The van der Waals surface area contributed by atoms with Gasteiger partial charge in [0.15, 0.2) is 11.5 Å². The number of ether oxygens (including phenoxy) is 2. The zero-order chi connectivity index (χ0) is 21.1. The van der Waals surface area contributed by atoms with Crippen molar-refractivity contribution in [1.29, 1.82) is 0 Å². The Kier molecular flexibility index (Phi) is 6.14. The van der Waals surface area contributed by atoms with Gasteiger partial charge in [-0.25, -0.2) is 0 Å². The second-order valence-electron chi connectivity index (χ2n) is 7.06. The average molecular weight is 452 g/mol. The average Bonchev–Trinajstić information content (AvgIpc) is 2.71. The highest BCUT2D eigenvalue weighted by Crippen LogP contribution is 2.32. The quantitative estimate of drug-likeness (QED) is 0.754. The molecule has 1 saturated heterocycles. The van der Waals surface area contributed by atoms with Gasteiger partial charge < -0.3 is 14.8 Å². The SMILES string of the molecule is O=C(CN1CCCN(Cc2cccc(Cl)c2)S1(=O)=O)Nc1ccc2c(c1)OCCO2. The number of benzene rings is 2. The Morgan fingerprint density at radius 1 is 1.03 bits per heavy atom. The van der Waals surface area contributed by atoms with E-state index in [4.69, 9.17) is 21.1 Å². The van der Waals surface area contributed by atoms with Crippen molar-refractivity contribution in [1.82, 2.24) is 8.61 Å². The maximum absolute atomic E-state index is 13.0. The Morgan fingerprint density at radius 3 is 2.60 bits per heavy atom. The van der Waals surface area contributed by atoms with Crippen molar-refractivity contribution >= 4 is 33.4 Å². The lowest BCUT2D eigenvalue weighted by Gasteiger charge is -2.34. The fraction of sp³-hybridized carbons (Fsp3) is 0.350. The summed E-state index contributed by atoms with van der Waals surface area (Å²) >= 11 is 6.00. The summed E-state index contributed by atoms with van der Waals surface area (Å²) in [6.07, 6.45) is 0.636. The highest BCUT2D eigenvalue weighted by atomic mass is 35.5. The number of amides is 1. The monoisotopic (exact) mass is 451 g/mol. The molecule has 0 unspecified atom stereocenters. The zero-order valence-electron chi connectivity index (χ0n) is 16.2. The van der Waals surface area contributed by atoms with Crippen molar-refractivity contribution in [3.05, 3.63) is 53.1 Å². The molecule has 0 atom stereocenters. The Hall–Kier alpha value is -2.33. The minimum Gasteiger partial charge on any atom is -0.486 e. The first-order chi connectivity index (χ1) is 14.4. The molecule has 10 heteroatoms. The largest absolute Gasteiger partial charge is 0.486 e. The molecule has 0 aromatic heterocycles. The van der Waals surface area contributed by atoms with E-state index in [1.165, 1.54) is 8.61 Å². The third kappa shape index (κ3) is 4.70. The predicted molar refractivity (Wildman–Crippen MR) is 113 cm³/mol. The molecule has 1 amide bonds. The fourth-order valence-electron chi connectivity index (χ4n) is 3.46. The van der Waals surface area contributed by atoms with Crippen LogP contribution in [0, 0.1) is 0 Å². The van der Waals surface area contributed by atoms with Crippen molar-refractivity contribution in [2.24, 2.45) is 0 Å². The van der Waals surface area contributed by atoms with E-state index in [2.05, 4.69) is 5.32 Å². The third-order valence-electron chi connectivity index (χ3n) is 4.86. The molecule has 160 valence electrons. The zero-order valence-corrected chi connectivity index (χ0v) is 17.8. The first-order valence-corrected chi connectivity index (χ1v) is 11.4. The van der Waals surface area contributed by atoms with E-state index in [1.807, 2.05) is 6.07 Å². The van der Waals surface area contributed by atoms with Crippen LogP contribution in [0.25, 0.3) is 0 Å². The van der Waals surface area contributed by atoms with Gasteiger partial charge in [-0.2, -0.15) is 17.0 Å². The number of fused-ring (bicyclic) bond motifs is 1. The lowest BCUT2D eigenvalue weighted by molar-refractivity contribution is -0.116. The molecule has 0 aliphatic carbocycles. The van der Waals surface area contributed by atoms with Gasteiger partial charge in [0.1, 0.15) is 13.2 Å². The fourth-order valence-corrected chi connectivity index (χ4v) is 5.31. The molecule has 8 nitrogen and oxygen atoms in total. The molecular formula is C20H22ClN3O5S. The van der Waals surface area contributed by atoms with E-state index in [1.54, 1.807) is 36.4 Å². The van der Waals surface area contributed by atoms with Gasteiger partial charge in [0, 0.05) is 36.4 Å². The number of carbonyl (C=O) groups excluding carboxylic acids is 1. The van der Waals surface area contributed by atoms with Crippen LogP contribution < -0.4 is 14.8 Å². The number of halogens is 1. The van der Waals surface area contributed by atoms with Crippen LogP contribution in [0.1, 0.15) is 12.0 Å². The van der Waals surface area contributed by atoms with E-state index in [9.17, 15) is 13.2 Å². The van der Waals surface area contributed by atoms with Crippen molar-refractivity contribution in [3.63, 3.8) is 0 Å². The van der Waals surface area contributed by atoms with Gasteiger partial charge in [0.05, 0.1) is 6.54 Å². The topological polar surface area (TPSA) is 88.2 Å². The molecule has 0 bridgehead atoms. The lowest BCUT2D eigenvalue weighted by atomic mass is 10.2. The number of rotatable bonds is 5. The number of nitrogens with zero attached hydrogens (tertiary/aromatic N) is 2. The molecule has 0 radical (unpaired) electrons. The van der Waals surface area contributed by atoms with E-state index in [-0.39, 0.29) is 13.1 Å². The van der Waals surface area contributed by atoms with Gasteiger partial charge in [-0.15, -0.1) is 0 Å². The molecule has 0 saturated carbocycles. The molecule has 1 fully saturated rings. The summed E-state index contributed by atoms with van der Waals surface area (Å²) in [4.78, 5) is 12.5. The summed E-state index contributed by atoms with van der Waals surface area (Å²) in [7, 11) is -3.76. The van der Waals surface area contributed by atoms with E-state index >= 15 is 0 Å². The van der Waals surface area contributed by atoms with Crippen LogP contribution in [0.4, 0.5) is 5.69 Å². The van der Waals surface area contributed by atoms with Crippen LogP contribution in [-0.2, 0) is 21.5 Å². The summed E-state index contributed by atoms with van der Waals surface area (Å²) in [6.45, 7) is 1.57. The van der Waals surface area contributed by atoms with E-state index < -0.39 is 16.1 Å². The number of hydrogen-bond donors (Lipinski definition) is 1. The number of anilines is 1. The van der Waals surface area contributed by atoms with Crippen LogP contribution in [-0.4, -0.2) is 55.8 Å². The Labute approximate surface area is 180 Å². The van der Waals surface area contributed by atoms with Crippen LogP contribution in [0.5, 0.6) is 11.5 Å². The highest BCUT2D eigenvalue weighted by molar-refractivity contribution is 7.86. The Morgan fingerprint density at radius 2 is 1.80 bits per heavy atom. The maximum Gasteiger partial charge on any atom is 0.282 e. The first-order valence-electron chi connectivity index (χ1n) is 9.61. The predicted octanol–water partition coefficient (Wildman–Crippen LogP) is 2.50. The first kappa shape index (κ1) is 20.9. The van der Waals surface area contributed by atoms with Crippen LogP contribution in [0.2, 0.25) is 5.02 Å². The second kappa shape index (κ2) is 8.81. The van der Waals surface area contributed by atoms with Gasteiger partial charge in [-0.3, -0.25) is 4.79 Å². The highest BCUT2D eigenvalue weighted by Gasteiger charge is 2.34. The molecule has 2 aromatic carbocycles. The van der Waals surface area contributed by atoms with Gasteiger partial charge >= 0.3 is 0 Å². The van der Waals surface area contributed by atoms with Gasteiger partial charge in [-0.05, 0) is 36.2 Å². The third-order valence-corrected chi connectivity index (χ3v) is 7.03. The van der Waals surface area contributed by atoms with Gasteiger partial charge in [0.25, 0.3) is 10.2 Å². The Bertz CT molecular complexity index is 1050. The summed E-state index contributed by atoms with van der Waals surface area (Å²) in [5.41, 5.74) is 1.32. The van der Waals surface area contributed by atoms with E-state index in [0.29, 0.717) is 54.9 Å². The number of hydrogen-bond acceptors (Lipinski definition) is 5. The van der Waals surface area contributed by atoms with Gasteiger partial charge in [0.2, 0.25) is 5.91 Å². The minimum absolute atomic E-state index is 0.211.